The van der Waals surface area contributed by atoms with E-state index in [2.05, 4.69) is 15.2 Å². The molecular formula is C17H15N3O3S. The minimum absolute atomic E-state index is 0.0296. The molecule has 0 spiro atoms. The second-order valence-corrected chi connectivity index (χ2v) is 6.21. The average Bonchev–Trinajstić information content (AvgIpc) is 2.98. The molecule has 7 heteroatoms. The molecule has 0 aliphatic heterocycles. The second-order valence-electron chi connectivity index (χ2n) is 5.35. The van der Waals surface area contributed by atoms with Crippen molar-refractivity contribution in [2.24, 2.45) is 0 Å². The number of carbonyl (C=O) groups is 1. The van der Waals surface area contributed by atoms with Crippen molar-refractivity contribution in [1.29, 1.82) is 0 Å². The van der Waals surface area contributed by atoms with Crippen molar-refractivity contribution in [3.8, 4) is 16.3 Å². The number of aromatic amines is 1. The fourth-order valence-corrected chi connectivity index (χ4v) is 3.00. The van der Waals surface area contributed by atoms with E-state index in [1.165, 1.54) is 11.3 Å². The van der Waals surface area contributed by atoms with E-state index >= 15 is 0 Å². The minimum Gasteiger partial charge on any atom is -0.423 e. The van der Waals surface area contributed by atoms with Gasteiger partial charge in [0, 0.05) is 16.6 Å². The monoisotopic (exact) mass is 341 g/mol. The van der Waals surface area contributed by atoms with Crippen molar-refractivity contribution >= 4 is 17.3 Å². The maximum Gasteiger partial charge on any atom is 0.349 e. The highest BCUT2D eigenvalue weighted by Crippen LogP contribution is 2.27. The highest BCUT2D eigenvalue weighted by molar-refractivity contribution is 7.13. The van der Waals surface area contributed by atoms with E-state index in [9.17, 15) is 9.59 Å². The summed E-state index contributed by atoms with van der Waals surface area (Å²) in [5, 5.41) is 8.93. The van der Waals surface area contributed by atoms with Crippen molar-refractivity contribution < 1.29 is 9.53 Å². The Bertz CT molecular complexity index is 975. The van der Waals surface area contributed by atoms with Gasteiger partial charge in [0.05, 0.1) is 5.69 Å². The first-order valence-corrected chi connectivity index (χ1v) is 8.14. The molecule has 1 aromatic carbocycles. The van der Waals surface area contributed by atoms with Crippen molar-refractivity contribution in [2.45, 2.75) is 20.8 Å². The van der Waals surface area contributed by atoms with E-state index in [1.54, 1.807) is 32.0 Å². The summed E-state index contributed by atoms with van der Waals surface area (Å²) in [5.41, 5.74) is 2.29. The van der Waals surface area contributed by atoms with Crippen LogP contribution in [0.2, 0.25) is 0 Å². The number of nitrogens with zero attached hydrogens (tertiary/aromatic N) is 2. The molecule has 0 saturated heterocycles. The number of ether oxygens (including phenoxy) is 1. The van der Waals surface area contributed by atoms with Crippen LogP contribution in [-0.4, -0.2) is 21.2 Å². The standard InChI is InChI=1S/C17H15N3O3S/c1-9-8-24-16(18-9)12-5-4-6-13(7-12)23-17(22)14-10(2)11(3)19-20-15(14)21/h4-8H,1-3H3,(H,20,21). The van der Waals surface area contributed by atoms with Crippen LogP contribution < -0.4 is 10.3 Å². The highest BCUT2D eigenvalue weighted by atomic mass is 32.1. The maximum atomic E-state index is 12.4. The van der Waals surface area contributed by atoms with Crippen LogP contribution in [0.15, 0.2) is 34.4 Å². The molecule has 0 aliphatic carbocycles. The van der Waals surface area contributed by atoms with Gasteiger partial charge in [-0.3, -0.25) is 4.79 Å². The molecule has 122 valence electrons. The molecule has 0 atom stereocenters. The Balaban J connectivity index is 1.91. The number of carbonyl (C=O) groups excluding carboxylic acids is 1. The molecule has 3 rings (SSSR count). The molecule has 0 fully saturated rings. The van der Waals surface area contributed by atoms with Gasteiger partial charge in [-0.25, -0.2) is 14.9 Å². The third-order valence-electron chi connectivity index (χ3n) is 3.58. The van der Waals surface area contributed by atoms with E-state index in [1.807, 2.05) is 18.4 Å². The van der Waals surface area contributed by atoms with Crippen molar-refractivity contribution in [1.82, 2.24) is 15.2 Å². The number of aryl methyl sites for hydroxylation is 2. The topological polar surface area (TPSA) is 84.9 Å². The number of H-pyrrole nitrogens is 1. The summed E-state index contributed by atoms with van der Waals surface area (Å²) in [5.74, 6) is -0.342. The predicted molar refractivity (Wildman–Crippen MR) is 91.6 cm³/mol. The first kappa shape index (κ1) is 16.1. The van der Waals surface area contributed by atoms with E-state index in [0.717, 1.165) is 16.3 Å². The quantitative estimate of drug-likeness (QED) is 0.584. The number of hydrogen-bond acceptors (Lipinski definition) is 6. The van der Waals surface area contributed by atoms with Crippen LogP contribution in [0.4, 0.5) is 0 Å². The third kappa shape index (κ3) is 3.11. The predicted octanol–water partition coefficient (Wildman–Crippen LogP) is 3.04. The van der Waals surface area contributed by atoms with Gasteiger partial charge in [-0.1, -0.05) is 12.1 Å². The van der Waals surface area contributed by atoms with Crippen LogP contribution in [0, 0.1) is 20.8 Å². The summed E-state index contributed by atoms with van der Waals surface area (Å²) < 4.78 is 5.38. The molecule has 0 aliphatic rings. The molecular weight excluding hydrogens is 326 g/mol. The van der Waals surface area contributed by atoms with Gasteiger partial charge in [0.15, 0.2) is 0 Å². The van der Waals surface area contributed by atoms with Gasteiger partial charge in [-0.2, -0.15) is 5.10 Å². The van der Waals surface area contributed by atoms with Gasteiger partial charge in [0.1, 0.15) is 16.3 Å². The van der Waals surface area contributed by atoms with Crippen LogP contribution in [0.3, 0.4) is 0 Å². The summed E-state index contributed by atoms with van der Waals surface area (Å²) in [6.07, 6.45) is 0. The lowest BCUT2D eigenvalue weighted by Gasteiger charge is -2.08. The highest BCUT2D eigenvalue weighted by Gasteiger charge is 2.18. The van der Waals surface area contributed by atoms with Gasteiger partial charge in [0.25, 0.3) is 5.56 Å². The number of benzene rings is 1. The number of esters is 1. The van der Waals surface area contributed by atoms with Crippen LogP contribution in [-0.2, 0) is 0 Å². The molecule has 0 unspecified atom stereocenters. The summed E-state index contributed by atoms with van der Waals surface area (Å²) >= 11 is 1.52. The molecule has 6 nitrogen and oxygen atoms in total. The van der Waals surface area contributed by atoms with Crippen LogP contribution >= 0.6 is 11.3 Å². The SMILES string of the molecule is Cc1csc(-c2cccc(OC(=O)c3c(C)c(C)n[nH]c3=O)c2)n1. The first-order valence-electron chi connectivity index (χ1n) is 7.26. The number of aromatic nitrogens is 3. The molecule has 0 radical (unpaired) electrons. The van der Waals surface area contributed by atoms with Crippen molar-refractivity contribution in [2.75, 3.05) is 0 Å². The molecule has 0 bridgehead atoms. The first-order chi connectivity index (χ1) is 11.5. The summed E-state index contributed by atoms with van der Waals surface area (Å²) in [7, 11) is 0. The summed E-state index contributed by atoms with van der Waals surface area (Å²) in [6.45, 7) is 5.31. The van der Waals surface area contributed by atoms with Gasteiger partial charge in [-0.15, -0.1) is 11.3 Å². The zero-order valence-corrected chi connectivity index (χ0v) is 14.2. The molecule has 0 saturated carbocycles. The van der Waals surface area contributed by atoms with Gasteiger partial charge in [-0.05, 0) is 38.5 Å². The zero-order valence-electron chi connectivity index (χ0n) is 13.4. The summed E-state index contributed by atoms with van der Waals surface area (Å²) in [6, 6.07) is 7.07. The minimum atomic E-state index is -0.702. The molecule has 2 aromatic heterocycles. The molecule has 3 aromatic rings. The Kier molecular flexibility index (Phi) is 4.26. The van der Waals surface area contributed by atoms with Crippen molar-refractivity contribution in [3.05, 3.63) is 62.5 Å². The summed E-state index contributed by atoms with van der Waals surface area (Å²) in [4.78, 5) is 28.7. The average molecular weight is 341 g/mol. The Hall–Kier alpha value is -2.80. The van der Waals surface area contributed by atoms with Gasteiger partial charge < -0.3 is 4.74 Å². The van der Waals surface area contributed by atoms with Crippen LogP contribution in [0.25, 0.3) is 10.6 Å². The molecule has 0 amide bonds. The zero-order chi connectivity index (χ0) is 17.3. The Labute approximate surface area is 142 Å². The van der Waals surface area contributed by atoms with Crippen molar-refractivity contribution in [3.63, 3.8) is 0 Å². The fraction of sp³-hybridized carbons (Fsp3) is 0.176. The fourth-order valence-electron chi connectivity index (χ4n) is 2.21. The molecule has 2 heterocycles. The van der Waals surface area contributed by atoms with Gasteiger partial charge in [0.2, 0.25) is 0 Å². The number of hydrogen-bond donors (Lipinski definition) is 1. The van der Waals surface area contributed by atoms with E-state index in [-0.39, 0.29) is 5.56 Å². The maximum absolute atomic E-state index is 12.4. The Morgan fingerprint density at radius 3 is 2.75 bits per heavy atom. The Morgan fingerprint density at radius 1 is 1.25 bits per heavy atom. The second kappa shape index (κ2) is 6.37. The van der Waals surface area contributed by atoms with Crippen LogP contribution in [0.1, 0.15) is 27.3 Å². The van der Waals surface area contributed by atoms with E-state index in [4.69, 9.17) is 4.74 Å². The lowest BCUT2D eigenvalue weighted by Crippen LogP contribution is -2.25. The molecule has 1 N–H and O–H groups in total. The Morgan fingerprint density at radius 2 is 2.04 bits per heavy atom. The lowest BCUT2D eigenvalue weighted by atomic mass is 10.1. The number of thiazole rings is 1. The number of rotatable bonds is 3. The van der Waals surface area contributed by atoms with E-state index in [0.29, 0.717) is 17.0 Å². The number of nitrogens with one attached hydrogen (secondary N) is 1. The van der Waals surface area contributed by atoms with E-state index < -0.39 is 11.5 Å². The normalized spacial score (nSPS) is 10.6. The molecule has 24 heavy (non-hydrogen) atoms. The van der Waals surface area contributed by atoms with Crippen LogP contribution in [0.5, 0.6) is 5.75 Å². The lowest BCUT2D eigenvalue weighted by molar-refractivity contribution is 0.0731. The largest absolute Gasteiger partial charge is 0.423 e. The smallest absolute Gasteiger partial charge is 0.349 e. The third-order valence-corrected chi connectivity index (χ3v) is 4.59. The van der Waals surface area contributed by atoms with Gasteiger partial charge >= 0.3 is 5.97 Å².